The van der Waals surface area contributed by atoms with Gasteiger partial charge in [0, 0.05) is 29.4 Å². The van der Waals surface area contributed by atoms with Crippen LogP contribution in [0.5, 0.6) is 5.88 Å². The normalized spacial score (nSPS) is 11.3. The molecule has 6 heteroatoms. The van der Waals surface area contributed by atoms with E-state index in [2.05, 4.69) is 20.1 Å². The van der Waals surface area contributed by atoms with Crippen molar-refractivity contribution in [3.63, 3.8) is 0 Å². The van der Waals surface area contributed by atoms with E-state index in [1.54, 1.807) is 10.8 Å². The van der Waals surface area contributed by atoms with E-state index in [0.717, 1.165) is 27.8 Å². The Kier molecular flexibility index (Phi) is 2.60. The fourth-order valence-electron chi connectivity index (χ4n) is 2.44. The summed E-state index contributed by atoms with van der Waals surface area (Å²) < 4.78 is 7.16. The smallest absolute Gasteiger partial charge is 0.215 e. The molecule has 0 aromatic carbocycles. The van der Waals surface area contributed by atoms with Crippen LogP contribution in [0, 0.1) is 0 Å². The number of aromatic amines is 1. The molecule has 4 aromatic rings. The molecule has 4 aromatic heterocycles. The summed E-state index contributed by atoms with van der Waals surface area (Å²) in [4.78, 5) is 11.9. The second-order valence-electron chi connectivity index (χ2n) is 4.66. The zero-order chi connectivity index (χ0) is 14.2. The third kappa shape index (κ3) is 1.92. The molecule has 6 nitrogen and oxygen atoms in total. The van der Waals surface area contributed by atoms with Gasteiger partial charge in [0.15, 0.2) is 5.65 Å². The van der Waals surface area contributed by atoms with Crippen LogP contribution in [0.1, 0.15) is 6.92 Å². The minimum absolute atomic E-state index is 0.607. The van der Waals surface area contributed by atoms with Gasteiger partial charge in [-0.15, -0.1) is 0 Å². The zero-order valence-electron chi connectivity index (χ0n) is 11.4. The number of nitrogens with one attached hydrogen (secondary N) is 1. The predicted molar refractivity (Wildman–Crippen MR) is 79.2 cm³/mol. The summed E-state index contributed by atoms with van der Waals surface area (Å²) in [5, 5.41) is 5.16. The summed E-state index contributed by atoms with van der Waals surface area (Å²) in [6, 6.07) is 7.93. The van der Waals surface area contributed by atoms with Gasteiger partial charge in [-0.25, -0.2) is 9.50 Å². The van der Waals surface area contributed by atoms with Gasteiger partial charge in [-0.3, -0.25) is 0 Å². The summed E-state index contributed by atoms with van der Waals surface area (Å²) in [5.74, 6) is 0.631. The first-order valence-electron chi connectivity index (χ1n) is 6.76. The minimum Gasteiger partial charge on any atom is -0.478 e. The average Bonchev–Trinajstić information content (AvgIpc) is 3.12. The van der Waals surface area contributed by atoms with Gasteiger partial charge in [0.1, 0.15) is 12.0 Å². The highest BCUT2D eigenvalue weighted by atomic mass is 16.5. The Bertz CT molecular complexity index is 924. The Balaban J connectivity index is 1.85. The molecule has 4 heterocycles. The van der Waals surface area contributed by atoms with Gasteiger partial charge in [-0.05, 0) is 30.7 Å². The number of ether oxygens (including phenoxy) is 1. The van der Waals surface area contributed by atoms with Gasteiger partial charge in [0.05, 0.1) is 6.61 Å². The fraction of sp³-hybridized carbons (Fsp3) is 0.133. The van der Waals surface area contributed by atoms with Gasteiger partial charge < -0.3 is 9.72 Å². The quantitative estimate of drug-likeness (QED) is 0.626. The van der Waals surface area contributed by atoms with Crippen molar-refractivity contribution in [3.8, 4) is 17.0 Å². The molecule has 0 atom stereocenters. The minimum atomic E-state index is 0.607. The average molecular weight is 279 g/mol. The molecule has 0 saturated heterocycles. The van der Waals surface area contributed by atoms with Gasteiger partial charge in [0.2, 0.25) is 5.88 Å². The molecule has 21 heavy (non-hydrogen) atoms. The van der Waals surface area contributed by atoms with Crippen molar-refractivity contribution in [3.05, 3.63) is 43.0 Å². The number of fused-ring (bicyclic) bond motifs is 2. The number of pyridine rings is 2. The summed E-state index contributed by atoms with van der Waals surface area (Å²) in [7, 11) is 0. The van der Waals surface area contributed by atoms with Crippen LogP contribution in [0.2, 0.25) is 0 Å². The van der Waals surface area contributed by atoms with Crippen molar-refractivity contribution < 1.29 is 4.74 Å². The third-order valence-electron chi connectivity index (χ3n) is 3.40. The lowest BCUT2D eigenvalue weighted by Gasteiger charge is -2.02. The van der Waals surface area contributed by atoms with E-state index in [9.17, 15) is 0 Å². The molecule has 0 fully saturated rings. The van der Waals surface area contributed by atoms with Crippen LogP contribution in [0.15, 0.2) is 43.0 Å². The van der Waals surface area contributed by atoms with Crippen molar-refractivity contribution in [2.75, 3.05) is 6.61 Å². The zero-order valence-corrected chi connectivity index (χ0v) is 11.4. The first-order valence-corrected chi connectivity index (χ1v) is 6.76. The fourth-order valence-corrected chi connectivity index (χ4v) is 2.44. The summed E-state index contributed by atoms with van der Waals surface area (Å²) in [6.45, 7) is 2.55. The lowest BCUT2D eigenvalue weighted by atomic mass is 10.1. The number of hydrogen-bond acceptors (Lipinski definition) is 4. The third-order valence-corrected chi connectivity index (χ3v) is 3.40. The second-order valence-corrected chi connectivity index (χ2v) is 4.66. The lowest BCUT2D eigenvalue weighted by molar-refractivity contribution is 0.328. The maximum atomic E-state index is 5.42. The molecular formula is C15H13N5O. The number of H-pyrrole nitrogens is 1. The Morgan fingerprint density at radius 2 is 2.24 bits per heavy atom. The van der Waals surface area contributed by atoms with Crippen molar-refractivity contribution in [1.82, 2.24) is 24.6 Å². The van der Waals surface area contributed by atoms with Gasteiger partial charge in [-0.2, -0.15) is 10.1 Å². The van der Waals surface area contributed by atoms with E-state index < -0.39 is 0 Å². The van der Waals surface area contributed by atoms with Crippen molar-refractivity contribution in [2.45, 2.75) is 6.92 Å². The van der Waals surface area contributed by atoms with Crippen LogP contribution in [0.25, 0.3) is 27.8 Å². The summed E-state index contributed by atoms with van der Waals surface area (Å²) in [6.07, 6.45) is 5.40. The van der Waals surface area contributed by atoms with Crippen LogP contribution < -0.4 is 4.74 Å². The van der Waals surface area contributed by atoms with E-state index in [-0.39, 0.29) is 0 Å². The van der Waals surface area contributed by atoms with E-state index in [1.165, 1.54) is 0 Å². The van der Waals surface area contributed by atoms with Crippen molar-refractivity contribution in [2.24, 2.45) is 0 Å². The number of aromatic nitrogens is 5. The van der Waals surface area contributed by atoms with Gasteiger partial charge in [0.25, 0.3) is 0 Å². The van der Waals surface area contributed by atoms with Gasteiger partial charge in [-0.1, -0.05) is 0 Å². The molecule has 0 amide bonds. The SMILES string of the molecule is CCOc1ccc2c(-c3ccn4ncnc4c3)c[nH]c2n1. The van der Waals surface area contributed by atoms with Crippen LogP contribution in [0.3, 0.4) is 0 Å². The van der Waals surface area contributed by atoms with E-state index >= 15 is 0 Å². The van der Waals surface area contributed by atoms with E-state index in [4.69, 9.17) is 4.74 Å². The maximum Gasteiger partial charge on any atom is 0.215 e. The standard InChI is InChI=1S/C15H13N5O/c1-2-21-14-4-3-11-12(8-16-15(11)19-14)10-5-6-20-13(7-10)17-9-18-20/h3-9H,2H2,1H3,(H,16,19). The van der Waals surface area contributed by atoms with Crippen LogP contribution in [-0.4, -0.2) is 31.2 Å². The Morgan fingerprint density at radius 1 is 1.29 bits per heavy atom. The van der Waals surface area contributed by atoms with Crippen LogP contribution in [-0.2, 0) is 0 Å². The second kappa shape index (κ2) is 4.59. The van der Waals surface area contributed by atoms with E-state index in [0.29, 0.717) is 12.5 Å². The molecule has 0 bridgehead atoms. The molecule has 0 unspecified atom stereocenters. The molecule has 0 aliphatic heterocycles. The highest BCUT2D eigenvalue weighted by molar-refractivity contribution is 5.94. The van der Waals surface area contributed by atoms with Gasteiger partial charge >= 0.3 is 0 Å². The highest BCUT2D eigenvalue weighted by Gasteiger charge is 2.09. The van der Waals surface area contributed by atoms with Crippen LogP contribution >= 0.6 is 0 Å². The summed E-state index contributed by atoms with van der Waals surface area (Å²) in [5.41, 5.74) is 3.80. The first-order chi connectivity index (χ1) is 10.3. The number of hydrogen-bond donors (Lipinski definition) is 1. The number of nitrogens with zero attached hydrogens (tertiary/aromatic N) is 4. The molecule has 0 aliphatic carbocycles. The topological polar surface area (TPSA) is 68.1 Å². The molecule has 0 aliphatic rings. The van der Waals surface area contributed by atoms with E-state index in [1.807, 2.05) is 43.6 Å². The predicted octanol–water partition coefficient (Wildman–Crippen LogP) is 2.67. The monoisotopic (exact) mass is 279 g/mol. The molecule has 104 valence electrons. The van der Waals surface area contributed by atoms with Crippen molar-refractivity contribution >= 4 is 16.7 Å². The largest absolute Gasteiger partial charge is 0.478 e. The molecule has 0 saturated carbocycles. The molecular weight excluding hydrogens is 266 g/mol. The molecule has 0 radical (unpaired) electrons. The Labute approximate surface area is 120 Å². The maximum absolute atomic E-state index is 5.42. The molecule has 0 spiro atoms. The Morgan fingerprint density at radius 3 is 3.14 bits per heavy atom. The lowest BCUT2D eigenvalue weighted by Crippen LogP contribution is -1.93. The summed E-state index contributed by atoms with van der Waals surface area (Å²) >= 11 is 0. The molecule has 1 N–H and O–H groups in total. The highest BCUT2D eigenvalue weighted by Crippen LogP contribution is 2.29. The molecule has 4 rings (SSSR count). The van der Waals surface area contributed by atoms with Crippen molar-refractivity contribution in [1.29, 1.82) is 0 Å². The number of rotatable bonds is 3. The Hall–Kier alpha value is -2.89. The first kappa shape index (κ1) is 11.9. The van der Waals surface area contributed by atoms with Crippen LogP contribution in [0.4, 0.5) is 0 Å².